The summed E-state index contributed by atoms with van der Waals surface area (Å²) in [6.07, 6.45) is 3.25. The van der Waals surface area contributed by atoms with E-state index >= 15 is 0 Å². The van der Waals surface area contributed by atoms with Crippen LogP contribution in [0, 0.1) is 6.92 Å². The zero-order valence-corrected chi connectivity index (χ0v) is 20.5. The van der Waals surface area contributed by atoms with Gasteiger partial charge in [-0.2, -0.15) is 5.10 Å². The van der Waals surface area contributed by atoms with Crippen molar-refractivity contribution >= 4 is 23.2 Å². The predicted octanol–water partition coefficient (Wildman–Crippen LogP) is 3.38. The quantitative estimate of drug-likeness (QED) is 0.521. The van der Waals surface area contributed by atoms with Crippen molar-refractivity contribution in [3.63, 3.8) is 0 Å². The number of para-hydroxylation sites is 1. The number of methoxy groups -OCH3 is 2. The Morgan fingerprint density at radius 2 is 1.79 bits per heavy atom. The SMILES string of the molecule is COc1ccc(CCNC(=S)N2CCCN2C(=O)c2cnn(-c3ccccc3)c2C)cc1OC. The molecule has 1 fully saturated rings. The number of rotatable bonds is 7. The number of thiocarbonyl (C=S) groups is 1. The number of amides is 1. The van der Waals surface area contributed by atoms with Gasteiger partial charge in [0.2, 0.25) is 0 Å². The van der Waals surface area contributed by atoms with E-state index in [4.69, 9.17) is 21.7 Å². The molecule has 3 aromatic rings. The molecule has 1 aromatic heterocycles. The minimum atomic E-state index is -0.0961. The number of aromatic nitrogens is 2. The van der Waals surface area contributed by atoms with E-state index in [1.807, 2.05) is 60.5 Å². The largest absolute Gasteiger partial charge is 0.493 e. The molecule has 0 bridgehead atoms. The van der Waals surface area contributed by atoms with E-state index in [1.165, 1.54) is 0 Å². The highest BCUT2D eigenvalue weighted by molar-refractivity contribution is 7.80. The molecule has 0 aliphatic carbocycles. The molecule has 9 heteroatoms. The minimum Gasteiger partial charge on any atom is -0.493 e. The van der Waals surface area contributed by atoms with Gasteiger partial charge < -0.3 is 14.8 Å². The molecule has 1 aliphatic rings. The van der Waals surface area contributed by atoms with E-state index in [0.29, 0.717) is 41.8 Å². The summed E-state index contributed by atoms with van der Waals surface area (Å²) in [5, 5.41) is 11.8. The minimum absolute atomic E-state index is 0.0961. The molecular formula is C25H29N5O3S. The molecule has 4 rings (SSSR count). The van der Waals surface area contributed by atoms with Crippen LogP contribution < -0.4 is 14.8 Å². The zero-order chi connectivity index (χ0) is 24.1. The van der Waals surface area contributed by atoms with Crippen LogP contribution in [-0.2, 0) is 6.42 Å². The van der Waals surface area contributed by atoms with Crippen LogP contribution in [0.25, 0.3) is 5.69 Å². The number of hydrogen-bond donors (Lipinski definition) is 1. The summed E-state index contributed by atoms with van der Waals surface area (Å²) in [7, 11) is 3.24. The highest BCUT2D eigenvalue weighted by atomic mass is 32.1. The Balaban J connectivity index is 1.39. The van der Waals surface area contributed by atoms with E-state index in [9.17, 15) is 4.79 Å². The Morgan fingerprint density at radius 1 is 1.06 bits per heavy atom. The van der Waals surface area contributed by atoms with Gasteiger partial charge in [-0.25, -0.2) is 9.69 Å². The Labute approximate surface area is 205 Å². The van der Waals surface area contributed by atoms with Gasteiger partial charge in [0.05, 0.1) is 37.4 Å². The summed E-state index contributed by atoms with van der Waals surface area (Å²) < 4.78 is 12.5. The smallest absolute Gasteiger partial charge is 0.275 e. The maximum atomic E-state index is 13.4. The van der Waals surface area contributed by atoms with E-state index in [1.54, 1.807) is 30.1 Å². The standard InChI is InChI=1S/C25H29N5O3S/c1-18-21(17-27-30(18)20-8-5-4-6-9-20)24(31)28-14-7-15-29(28)25(34)26-13-12-19-10-11-22(32-2)23(16-19)33-3/h4-6,8-11,16-17H,7,12-15H2,1-3H3,(H,26,34). The first-order chi connectivity index (χ1) is 16.5. The Bertz CT molecular complexity index is 1160. The fourth-order valence-electron chi connectivity index (χ4n) is 4.06. The fraction of sp³-hybridized carbons (Fsp3) is 0.320. The number of carbonyl (C=O) groups excluding carboxylic acids is 1. The summed E-state index contributed by atoms with van der Waals surface area (Å²) in [5.41, 5.74) is 3.40. The van der Waals surface area contributed by atoms with E-state index < -0.39 is 0 Å². The summed E-state index contributed by atoms with van der Waals surface area (Å²) in [6, 6.07) is 15.6. The molecule has 1 saturated heterocycles. The molecule has 0 saturated carbocycles. The van der Waals surface area contributed by atoms with Crippen molar-refractivity contribution < 1.29 is 14.3 Å². The third-order valence-corrected chi connectivity index (χ3v) is 6.23. The molecule has 0 radical (unpaired) electrons. The first-order valence-corrected chi connectivity index (χ1v) is 11.6. The van der Waals surface area contributed by atoms with Crippen molar-refractivity contribution in [1.29, 1.82) is 0 Å². The first-order valence-electron chi connectivity index (χ1n) is 11.2. The summed E-state index contributed by atoms with van der Waals surface area (Å²) in [4.78, 5) is 13.4. The van der Waals surface area contributed by atoms with Crippen LogP contribution in [0.3, 0.4) is 0 Å². The van der Waals surface area contributed by atoms with Gasteiger partial charge >= 0.3 is 0 Å². The number of nitrogens with one attached hydrogen (secondary N) is 1. The lowest BCUT2D eigenvalue weighted by Gasteiger charge is -2.30. The molecule has 8 nitrogen and oxygen atoms in total. The number of nitrogens with zero attached hydrogens (tertiary/aromatic N) is 4. The van der Waals surface area contributed by atoms with Crippen molar-refractivity contribution in [2.75, 3.05) is 33.9 Å². The Hall–Kier alpha value is -3.59. The lowest BCUT2D eigenvalue weighted by molar-refractivity contribution is 0.0491. The molecule has 178 valence electrons. The van der Waals surface area contributed by atoms with E-state index in [0.717, 1.165) is 29.8 Å². The third-order valence-electron chi connectivity index (χ3n) is 5.88. The van der Waals surface area contributed by atoms with Gasteiger partial charge in [-0.15, -0.1) is 0 Å². The van der Waals surface area contributed by atoms with Crippen LogP contribution in [0.2, 0.25) is 0 Å². The average Bonchev–Trinajstić information content (AvgIpc) is 3.51. The molecule has 0 unspecified atom stereocenters. The fourth-order valence-corrected chi connectivity index (χ4v) is 4.36. The highest BCUT2D eigenvalue weighted by Crippen LogP contribution is 2.27. The lowest BCUT2D eigenvalue weighted by atomic mass is 10.1. The van der Waals surface area contributed by atoms with Gasteiger partial charge in [0.1, 0.15) is 0 Å². The third kappa shape index (κ3) is 4.84. The van der Waals surface area contributed by atoms with Gasteiger partial charge in [-0.05, 0) is 61.8 Å². The van der Waals surface area contributed by atoms with Crippen molar-refractivity contribution in [3.05, 3.63) is 71.5 Å². The van der Waals surface area contributed by atoms with Crippen LogP contribution in [0.15, 0.2) is 54.7 Å². The average molecular weight is 480 g/mol. The molecule has 0 spiro atoms. The predicted molar refractivity (Wildman–Crippen MR) is 135 cm³/mol. The number of benzene rings is 2. The van der Waals surface area contributed by atoms with Crippen molar-refractivity contribution in [3.8, 4) is 17.2 Å². The van der Waals surface area contributed by atoms with Crippen LogP contribution in [0.1, 0.15) is 28.0 Å². The van der Waals surface area contributed by atoms with Gasteiger partial charge in [-0.1, -0.05) is 24.3 Å². The van der Waals surface area contributed by atoms with Gasteiger partial charge in [0.15, 0.2) is 16.6 Å². The first kappa shape index (κ1) is 23.6. The maximum Gasteiger partial charge on any atom is 0.275 e. The molecule has 2 heterocycles. The Kier molecular flexibility index (Phi) is 7.32. The second-order valence-corrected chi connectivity index (χ2v) is 8.35. The summed E-state index contributed by atoms with van der Waals surface area (Å²) in [6.45, 7) is 3.86. The molecule has 1 amide bonds. The molecule has 2 aromatic carbocycles. The molecule has 1 aliphatic heterocycles. The van der Waals surface area contributed by atoms with Gasteiger partial charge in [0, 0.05) is 19.6 Å². The number of hydrazine groups is 1. The van der Waals surface area contributed by atoms with E-state index in [-0.39, 0.29) is 5.91 Å². The van der Waals surface area contributed by atoms with Crippen LogP contribution in [0.5, 0.6) is 11.5 Å². The van der Waals surface area contributed by atoms with Crippen LogP contribution in [-0.4, -0.2) is 64.7 Å². The molecule has 1 N–H and O–H groups in total. The summed E-state index contributed by atoms with van der Waals surface area (Å²) in [5.74, 6) is 1.30. The molecule has 0 atom stereocenters. The van der Waals surface area contributed by atoms with Crippen LogP contribution >= 0.6 is 12.2 Å². The number of carbonyl (C=O) groups is 1. The highest BCUT2D eigenvalue weighted by Gasteiger charge is 2.31. The van der Waals surface area contributed by atoms with Crippen LogP contribution in [0.4, 0.5) is 0 Å². The molecular weight excluding hydrogens is 450 g/mol. The maximum absolute atomic E-state index is 13.4. The second-order valence-electron chi connectivity index (χ2n) is 7.97. The second kappa shape index (κ2) is 10.6. The topological polar surface area (TPSA) is 71.9 Å². The number of ether oxygens (including phenoxy) is 2. The zero-order valence-electron chi connectivity index (χ0n) is 19.7. The lowest BCUT2D eigenvalue weighted by Crippen LogP contribution is -2.49. The monoisotopic (exact) mass is 479 g/mol. The van der Waals surface area contributed by atoms with E-state index in [2.05, 4.69) is 10.4 Å². The van der Waals surface area contributed by atoms with Crippen molar-refractivity contribution in [2.24, 2.45) is 0 Å². The number of hydrogen-bond acceptors (Lipinski definition) is 5. The Morgan fingerprint density at radius 3 is 2.53 bits per heavy atom. The molecule has 34 heavy (non-hydrogen) atoms. The van der Waals surface area contributed by atoms with Crippen molar-refractivity contribution in [1.82, 2.24) is 25.1 Å². The normalized spacial score (nSPS) is 13.1. The summed E-state index contributed by atoms with van der Waals surface area (Å²) >= 11 is 5.63. The van der Waals surface area contributed by atoms with Gasteiger partial charge in [-0.3, -0.25) is 9.80 Å². The van der Waals surface area contributed by atoms with Gasteiger partial charge in [0.25, 0.3) is 5.91 Å². The van der Waals surface area contributed by atoms with Crippen molar-refractivity contribution in [2.45, 2.75) is 19.8 Å².